The Kier molecular flexibility index (Phi) is 2.92. The molecular weight excluding hydrogens is 214 g/mol. The highest BCUT2D eigenvalue weighted by molar-refractivity contribution is 6.04. The molecule has 90 valence electrons. The maximum absolute atomic E-state index is 11.3. The first kappa shape index (κ1) is 11.7. The monoisotopic (exact) mass is 231 g/mol. The molecular formula is C14H17NO2. The van der Waals surface area contributed by atoms with Crippen molar-refractivity contribution in [2.75, 3.05) is 0 Å². The van der Waals surface area contributed by atoms with Crippen LogP contribution in [0.4, 0.5) is 0 Å². The van der Waals surface area contributed by atoms with E-state index in [0.717, 1.165) is 22.9 Å². The standard InChI is InChI=1S/C14H17NO2/c1-4-10-8-15(9(2)3)12-7-5-6-11(13(10)12)14(16)17/h5-9H,4H2,1-3H3,(H,16,17). The third kappa shape index (κ3) is 1.82. The molecule has 0 fully saturated rings. The summed E-state index contributed by atoms with van der Waals surface area (Å²) >= 11 is 0. The molecule has 0 atom stereocenters. The number of rotatable bonds is 3. The Morgan fingerprint density at radius 2 is 2.12 bits per heavy atom. The number of aromatic nitrogens is 1. The van der Waals surface area contributed by atoms with Gasteiger partial charge >= 0.3 is 5.97 Å². The van der Waals surface area contributed by atoms with Crippen molar-refractivity contribution in [1.29, 1.82) is 0 Å². The zero-order chi connectivity index (χ0) is 12.6. The van der Waals surface area contributed by atoms with E-state index in [-0.39, 0.29) is 0 Å². The minimum atomic E-state index is -0.855. The number of carbonyl (C=O) groups is 1. The van der Waals surface area contributed by atoms with Gasteiger partial charge in [-0.1, -0.05) is 13.0 Å². The summed E-state index contributed by atoms with van der Waals surface area (Å²) in [4.78, 5) is 11.3. The van der Waals surface area contributed by atoms with Crippen LogP contribution in [-0.4, -0.2) is 15.6 Å². The van der Waals surface area contributed by atoms with Gasteiger partial charge in [-0.05, 0) is 38.0 Å². The zero-order valence-corrected chi connectivity index (χ0v) is 10.4. The Morgan fingerprint density at radius 3 is 2.65 bits per heavy atom. The molecule has 2 rings (SSSR count). The van der Waals surface area contributed by atoms with Crippen molar-refractivity contribution < 1.29 is 9.90 Å². The fourth-order valence-corrected chi connectivity index (χ4v) is 2.27. The topological polar surface area (TPSA) is 42.2 Å². The molecule has 0 bridgehead atoms. The molecule has 0 radical (unpaired) electrons. The van der Waals surface area contributed by atoms with E-state index in [2.05, 4.69) is 31.5 Å². The lowest BCUT2D eigenvalue weighted by Crippen LogP contribution is -2.00. The molecule has 1 aromatic heterocycles. The normalized spacial score (nSPS) is 11.3. The lowest BCUT2D eigenvalue weighted by atomic mass is 10.1. The van der Waals surface area contributed by atoms with Crippen molar-refractivity contribution in [2.24, 2.45) is 0 Å². The van der Waals surface area contributed by atoms with E-state index in [1.165, 1.54) is 0 Å². The average molecular weight is 231 g/mol. The van der Waals surface area contributed by atoms with Gasteiger partial charge in [-0.3, -0.25) is 0 Å². The highest BCUT2D eigenvalue weighted by Gasteiger charge is 2.16. The van der Waals surface area contributed by atoms with E-state index in [4.69, 9.17) is 0 Å². The highest BCUT2D eigenvalue weighted by atomic mass is 16.4. The zero-order valence-electron chi connectivity index (χ0n) is 10.4. The summed E-state index contributed by atoms with van der Waals surface area (Å²) in [5.41, 5.74) is 2.52. The predicted molar refractivity (Wildman–Crippen MR) is 68.7 cm³/mol. The largest absolute Gasteiger partial charge is 0.478 e. The van der Waals surface area contributed by atoms with E-state index < -0.39 is 5.97 Å². The Bertz CT molecular complexity index is 567. The van der Waals surface area contributed by atoms with E-state index in [9.17, 15) is 9.90 Å². The molecule has 1 N–H and O–H groups in total. The predicted octanol–water partition coefficient (Wildman–Crippen LogP) is 3.48. The Hall–Kier alpha value is -1.77. The maximum Gasteiger partial charge on any atom is 0.336 e. The Labute approximate surface area is 101 Å². The molecule has 3 heteroatoms. The van der Waals surface area contributed by atoms with Crippen molar-refractivity contribution >= 4 is 16.9 Å². The van der Waals surface area contributed by atoms with Gasteiger partial charge in [-0.2, -0.15) is 0 Å². The van der Waals surface area contributed by atoms with E-state index >= 15 is 0 Å². The van der Waals surface area contributed by atoms with Crippen molar-refractivity contribution in [3.05, 3.63) is 35.5 Å². The van der Waals surface area contributed by atoms with E-state index in [1.807, 2.05) is 12.1 Å². The van der Waals surface area contributed by atoms with E-state index in [0.29, 0.717) is 11.6 Å². The number of benzene rings is 1. The summed E-state index contributed by atoms with van der Waals surface area (Å²) in [6.45, 7) is 6.26. The smallest absolute Gasteiger partial charge is 0.336 e. The maximum atomic E-state index is 11.3. The summed E-state index contributed by atoms with van der Waals surface area (Å²) in [6, 6.07) is 5.81. The van der Waals surface area contributed by atoms with Gasteiger partial charge in [-0.25, -0.2) is 4.79 Å². The van der Waals surface area contributed by atoms with Gasteiger partial charge in [0.15, 0.2) is 0 Å². The van der Waals surface area contributed by atoms with Crippen LogP contribution in [0, 0.1) is 0 Å². The van der Waals surface area contributed by atoms with Crippen molar-refractivity contribution in [3.8, 4) is 0 Å². The molecule has 0 unspecified atom stereocenters. The first-order valence-electron chi connectivity index (χ1n) is 5.92. The van der Waals surface area contributed by atoms with Crippen molar-refractivity contribution in [1.82, 2.24) is 4.57 Å². The first-order chi connectivity index (χ1) is 8.06. The van der Waals surface area contributed by atoms with Crippen LogP contribution in [0.3, 0.4) is 0 Å². The number of carboxylic acids is 1. The summed E-state index contributed by atoms with van der Waals surface area (Å²) in [5.74, 6) is -0.855. The number of nitrogens with zero attached hydrogens (tertiary/aromatic N) is 1. The van der Waals surface area contributed by atoms with Gasteiger partial charge in [0.25, 0.3) is 0 Å². The Balaban J connectivity index is 2.84. The van der Waals surface area contributed by atoms with E-state index in [1.54, 1.807) is 6.07 Å². The van der Waals surface area contributed by atoms with Crippen LogP contribution in [0.1, 0.15) is 42.7 Å². The molecule has 0 aliphatic carbocycles. The molecule has 0 amide bonds. The SMILES string of the molecule is CCc1cn(C(C)C)c2cccc(C(=O)O)c12. The number of aromatic carboxylic acids is 1. The van der Waals surface area contributed by atoms with Crippen molar-refractivity contribution in [2.45, 2.75) is 33.2 Å². The van der Waals surface area contributed by atoms with Gasteiger partial charge in [0.1, 0.15) is 0 Å². The number of aryl methyl sites for hydroxylation is 1. The van der Waals surface area contributed by atoms with Gasteiger partial charge < -0.3 is 9.67 Å². The third-order valence-electron chi connectivity index (χ3n) is 3.10. The third-order valence-corrected chi connectivity index (χ3v) is 3.10. The number of hydrogen-bond donors (Lipinski definition) is 1. The first-order valence-corrected chi connectivity index (χ1v) is 5.92. The second kappa shape index (κ2) is 4.24. The minimum Gasteiger partial charge on any atom is -0.478 e. The number of carboxylic acid groups (broad SMARTS) is 1. The molecule has 1 heterocycles. The fourth-order valence-electron chi connectivity index (χ4n) is 2.27. The molecule has 2 aromatic rings. The summed E-state index contributed by atoms with van der Waals surface area (Å²) < 4.78 is 2.14. The minimum absolute atomic E-state index is 0.335. The molecule has 0 saturated heterocycles. The molecule has 0 spiro atoms. The quantitative estimate of drug-likeness (QED) is 0.878. The highest BCUT2D eigenvalue weighted by Crippen LogP contribution is 2.28. The van der Waals surface area contributed by atoms with Crippen molar-refractivity contribution in [3.63, 3.8) is 0 Å². The van der Waals surface area contributed by atoms with Crippen LogP contribution in [0.2, 0.25) is 0 Å². The second-order valence-electron chi connectivity index (χ2n) is 4.51. The van der Waals surface area contributed by atoms with Crippen LogP contribution < -0.4 is 0 Å². The van der Waals surface area contributed by atoms with Crippen LogP contribution in [0.15, 0.2) is 24.4 Å². The fraction of sp³-hybridized carbons (Fsp3) is 0.357. The van der Waals surface area contributed by atoms with Crippen LogP contribution >= 0.6 is 0 Å². The summed E-state index contributed by atoms with van der Waals surface area (Å²) in [6.07, 6.45) is 2.92. The lowest BCUT2D eigenvalue weighted by Gasteiger charge is -2.09. The number of fused-ring (bicyclic) bond motifs is 1. The average Bonchev–Trinajstić information content (AvgIpc) is 2.67. The van der Waals surface area contributed by atoms with Crippen LogP contribution in [0.25, 0.3) is 10.9 Å². The van der Waals surface area contributed by atoms with Gasteiger partial charge in [0.05, 0.1) is 5.56 Å². The summed E-state index contributed by atoms with van der Waals surface area (Å²) in [7, 11) is 0. The van der Waals surface area contributed by atoms with Crippen LogP contribution in [0.5, 0.6) is 0 Å². The molecule has 0 aliphatic heterocycles. The van der Waals surface area contributed by atoms with Gasteiger partial charge in [0, 0.05) is 23.1 Å². The summed E-state index contributed by atoms with van der Waals surface area (Å²) in [5, 5.41) is 10.1. The molecule has 0 saturated carbocycles. The molecule has 0 aliphatic rings. The Morgan fingerprint density at radius 1 is 1.41 bits per heavy atom. The lowest BCUT2D eigenvalue weighted by molar-refractivity contribution is 0.0699. The second-order valence-corrected chi connectivity index (χ2v) is 4.51. The number of hydrogen-bond acceptors (Lipinski definition) is 1. The molecule has 17 heavy (non-hydrogen) atoms. The molecule has 1 aromatic carbocycles. The van der Waals surface area contributed by atoms with Crippen LogP contribution in [-0.2, 0) is 6.42 Å². The van der Waals surface area contributed by atoms with Gasteiger partial charge in [0.2, 0.25) is 0 Å². The molecule has 3 nitrogen and oxygen atoms in total. The van der Waals surface area contributed by atoms with Gasteiger partial charge in [-0.15, -0.1) is 0 Å².